The third kappa shape index (κ3) is 3.17. The summed E-state index contributed by atoms with van der Waals surface area (Å²) in [5.74, 6) is 1.66. The lowest BCUT2D eigenvalue weighted by Gasteiger charge is -2.21. The number of halogens is 1. The first-order valence-electron chi connectivity index (χ1n) is 7.42. The molecule has 1 heterocycles. The van der Waals surface area contributed by atoms with Crippen molar-refractivity contribution in [1.82, 2.24) is 9.78 Å². The molecule has 1 aromatic rings. The van der Waals surface area contributed by atoms with E-state index >= 15 is 0 Å². The van der Waals surface area contributed by atoms with Crippen LogP contribution in [0.25, 0.3) is 0 Å². The van der Waals surface area contributed by atoms with Crippen molar-refractivity contribution in [2.45, 2.75) is 53.1 Å². The third-order valence-corrected chi connectivity index (χ3v) is 4.69. The average molecular weight is 298 g/mol. The van der Waals surface area contributed by atoms with E-state index in [1.807, 2.05) is 0 Å². The normalized spacial score (nSPS) is 26.2. The molecule has 0 radical (unpaired) electrons. The largest absolute Gasteiger partial charge is 0.379 e. The molecular weight excluding hydrogens is 274 g/mol. The highest BCUT2D eigenvalue weighted by molar-refractivity contribution is 6.32. The smallest absolute Gasteiger partial charge is 0.287 e. The molecule has 1 aliphatic carbocycles. The number of aromatic nitrogens is 2. The number of hydrogen-bond acceptors (Lipinski definition) is 3. The molecule has 0 bridgehead atoms. The van der Waals surface area contributed by atoms with Crippen molar-refractivity contribution in [1.29, 1.82) is 0 Å². The first kappa shape index (κ1) is 15.4. The number of nitrogens with one attached hydrogen (secondary N) is 1. The Labute approximate surface area is 125 Å². The third-order valence-electron chi connectivity index (χ3n) is 4.33. The predicted molar refractivity (Wildman–Crippen MR) is 83.3 cm³/mol. The van der Waals surface area contributed by atoms with Gasteiger partial charge in [-0.3, -0.25) is 4.79 Å². The Balaban J connectivity index is 2.18. The fourth-order valence-corrected chi connectivity index (χ4v) is 3.01. The molecule has 1 fully saturated rings. The van der Waals surface area contributed by atoms with Gasteiger partial charge in [0.25, 0.3) is 5.56 Å². The van der Waals surface area contributed by atoms with Crippen molar-refractivity contribution < 1.29 is 0 Å². The first-order valence-corrected chi connectivity index (χ1v) is 7.80. The van der Waals surface area contributed by atoms with Crippen LogP contribution in [0.4, 0.5) is 5.69 Å². The van der Waals surface area contributed by atoms with E-state index in [2.05, 4.69) is 38.1 Å². The lowest BCUT2D eigenvalue weighted by molar-refractivity contribution is 0.434. The molecule has 20 heavy (non-hydrogen) atoms. The monoisotopic (exact) mass is 297 g/mol. The van der Waals surface area contributed by atoms with Crippen molar-refractivity contribution >= 4 is 17.3 Å². The molecule has 112 valence electrons. The Morgan fingerprint density at radius 3 is 2.70 bits per heavy atom. The van der Waals surface area contributed by atoms with Crippen LogP contribution in [-0.2, 0) is 6.54 Å². The van der Waals surface area contributed by atoms with Crippen LogP contribution in [0.1, 0.15) is 40.5 Å². The van der Waals surface area contributed by atoms with Gasteiger partial charge in [-0.2, -0.15) is 5.10 Å². The second-order valence-electron chi connectivity index (χ2n) is 6.42. The molecule has 0 saturated heterocycles. The quantitative estimate of drug-likeness (QED) is 0.926. The van der Waals surface area contributed by atoms with Crippen LogP contribution < -0.4 is 10.9 Å². The maximum Gasteiger partial charge on any atom is 0.287 e. The van der Waals surface area contributed by atoms with Crippen molar-refractivity contribution in [3.8, 4) is 0 Å². The number of anilines is 1. The minimum Gasteiger partial charge on any atom is -0.379 e. The summed E-state index contributed by atoms with van der Waals surface area (Å²) < 4.78 is 1.44. The highest BCUT2D eigenvalue weighted by Crippen LogP contribution is 2.33. The zero-order chi connectivity index (χ0) is 14.9. The molecule has 2 rings (SSSR count). The second kappa shape index (κ2) is 6.17. The van der Waals surface area contributed by atoms with Crippen LogP contribution in [0.15, 0.2) is 11.0 Å². The standard InChI is InChI=1S/C15H24ClN3O/c1-9(2)8-19-15(20)14(16)13(7-17-19)18-12-6-5-10(3)11(12)4/h7,9-12,18H,5-6,8H2,1-4H3. The second-order valence-corrected chi connectivity index (χ2v) is 6.80. The van der Waals surface area contributed by atoms with Crippen molar-refractivity contribution in [3.05, 3.63) is 21.6 Å². The molecule has 0 aliphatic heterocycles. The van der Waals surface area contributed by atoms with Gasteiger partial charge < -0.3 is 5.32 Å². The van der Waals surface area contributed by atoms with Gasteiger partial charge in [-0.15, -0.1) is 0 Å². The molecule has 1 aromatic heterocycles. The summed E-state index contributed by atoms with van der Waals surface area (Å²) in [6.45, 7) is 9.21. The predicted octanol–water partition coefficient (Wildman–Crippen LogP) is 3.40. The van der Waals surface area contributed by atoms with Crippen LogP contribution in [0, 0.1) is 17.8 Å². The lowest BCUT2D eigenvalue weighted by Crippen LogP contribution is -2.29. The highest BCUT2D eigenvalue weighted by atomic mass is 35.5. The first-order chi connectivity index (χ1) is 9.40. The number of nitrogens with zero attached hydrogens (tertiary/aromatic N) is 2. The van der Waals surface area contributed by atoms with Gasteiger partial charge in [-0.1, -0.05) is 39.3 Å². The number of hydrogen-bond donors (Lipinski definition) is 1. The molecule has 0 amide bonds. The Morgan fingerprint density at radius 1 is 1.45 bits per heavy atom. The van der Waals surface area contributed by atoms with Crippen LogP contribution in [0.5, 0.6) is 0 Å². The topological polar surface area (TPSA) is 46.9 Å². The van der Waals surface area contributed by atoms with Gasteiger partial charge in [0.2, 0.25) is 0 Å². The SMILES string of the molecule is CC(C)Cn1ncc(NC2CCC(C)C2C)c(Cl)c1=O. The van der Waals surface area contributed by atoms with E-state index in [1.54, 1.807) is 6.20 Å². The molecule has 3 atom stereocenters. The molecule has 4 nitrogen and oxygen atoms in total. The minimum atomic E-state index is -0.205. The lowest BCUT2D eigenvalue weighted by atomic mass is 9.98. The number of rotatable bonds is 4. The van der Waals surface area contributed by atoms with E-state index in [0.717, 1.165) is 6.42 Å². The summed E-state index contributed by atoms with van der Waals surface area (Å²) in [4.78, 5) is 12.2. The molecule has 0 aromatic carbocycles. The summed E-state index contributed by atoms with van der Waals surface area (Å²) in [7, 11) is 0. The van der Waals surface area contributed by atoms with Crippen molar-refractivity contribution in [2.75, 3.05) is 5.32 Å². The van der Waals surface area contributed by atoms with Crippen LogP contribution in [0.2, 0.25) is 5.02 Å². The van der Waals surface area contributed by atoms with E-state index < -0.39 is 0 Å². The Hall–Kier alpha value is -1.03. The van der Waals surface area contributed by atoms with Gasteiger partial charge >= 0.3 is 0 Å². The molecule has 1 N–H and O–H groups in total. The molecule has 5 heteroatoms. The molecule has 3 unspecified atom stereocenters. The van der Waals surface area contributed by atoms with Crippen LogP contribution in [-0.4, -0.2) is 15.8 Å². The molecular formula is C15H24ClN3O. The summed E-state index contributed by atoms with van der Waals surface area (Å²) in [5, 5.41) is 7.88. The zero-order valence-electron chi connectivity index (χ0n) is 12.7. The summed E-state index contributed by atoms with van der Waals surface area (Å²) in [5.41, 5.74) is 0.465. The Kier molecular flexibility index (Phi) is 4.74. The Morgan fingerprint density at radius 2 is 2.15 bits per heavy atom. The van der Waals surface area contributed by atoms with E-state index in [-0.39, 0.29) is 10.6 Å². The summed E-state index contributed by atoms with van der Waals surface area (Å²) >= 11 is 6.21. The van der Waals surface area contributed by atoms with Crippen molar-refractivity contribution in [2.24, 2.45) is 17.8 Å². The molecule has 1 saturated carbocycles. The van der Waals surface area contributed by atoms with E-state index in [4.69, 9.17) is 11.6 Å². The summed E-state index contributed by atoms with van der Waals surface area (Å²) in [6, 6.07) is 0.379. The fourth-order valence-electron chi connectivity index (χ4n) is 2.81. The van der Waals surface area contributed by atoms with Crippen LogP contribution >= 0.6 is 11.6 Å². The zero-order valence-corrected chi connectivity index (χ0v) is 13.4. The van der Waals surface area contributed by atoms with Gasteiger partial charge in [-0.05, 0) is 30.6 Å². The highest BCUT2D eigenvalue weighted by Gasteiger charge is 2.30. The maximum atomic E-state index is 12.2. The summed E-state index contributed by atoms with van der Waals surface area (Å²) in [6.07, 6.45) is 4.02. The van der Waals surface area contributed by atoms with Gasteiger partial charge in [0.1, 0.15) is 5.02 Å². The van der Waals surface area contributed by atoms with Gasteiger partial charge in [0.05, 0.1) is 11.9 Å². The van der Waals surface area contributed by atoms with Gasteiger partial charge in [0.15, 0.2) is 0 Å². The molecule has 1 aliphatic rings. The molecule has 0 spiro atoms. The maximum absolute atomic E-state index is 12.2. The fraction of sp³-hybridized carbons (Fsp3) is 0.733. The van der Waals surface area contributed by atoms with Crippen molar-refractivity contribution in [3.63, 3.8) is 0 Å². The Bertz CT molecular complexity index is 526. The van der Waals surface area contributed by atoms with Gasteiger partial charge in [-0.25, -0.2) is 4.68 Å². The van der Waals surface area contributed by atoms with Crippen LogP contribution in [0.3, 0.4) is 0 Å². The van der Waals surface area contributed by atoms with Gasteiger partial charge in [0, 0.05) is 12.6 Å². The van der Waals surface area contributed by atoms with E-state index in [1.165, 1.54) is 11.1 Å². The van der Waals surface area contributed by atoms with E-state index in [0.29, 0.717) is 36.0 Å². The minimum absolute atomic E-state index is 0.205. The van der Waals surface area contributed by atoms with E-state index in [9.17, 15) is 4.79 Å². The average Bonchev–Trinajstić information content (AvgIpc) is 2.70.